The molecule has 1 N–H and O–H groups in total. The number of hydrogen-bond donors (Lipinski definition) is 1. The average molecular weight is 315 g/mol. The summed E-state index contributed by atoms with van der Waals surface area (Å²) in [5.41, 5.74) is 0.817. The first kappa shape index (κ1) is 16.1. The van der Waals surface area contributed by atoms with Gasteiger partial charge in [0.05, 0.1) is 20.3 Å². The van der Waals surface area contributed by atoms with Gasteiger partial charge < -0.3 is 14.4 Å². The number of nitrogens with zero attached hydrogens (tertiary/aromatic N) is 2. The fourth-order valence-electron chi connectivity index (χ4n) is 3.90. The number of fused-ring (bicyclic) bond motifs is 3. The molecule has 3 fully saturated rings. The number of benzene rings is 1. The van der Waals surface area contributed by atoms with Gasteiger partial charge in [0.15, 0.2) is 11.5 Å². The summed E-state index contributed by atoms with van der Waals surface area (Å²) in [5, 5.41) is 13.3. The van der Waals surface area contributed by atoms with E-state index in [4.69, 9.17) is 9.47 Å². The summed E-state index contributed by atoms with van der Waals surface area (Å²) in [7, 11) is 3.29. The molecule has 5 heteroatoms. The maximum atomic E-state index is 9.74. The molecular weight excluding hydrogens is 290 g/mol. The molecule has 0 amide bonds. The van der Waals surface area contributed by atoms with E-state index in [1.807, 2.05) is 12.1 Å². The van der Waals surface area contributed by atoms with Crippen molar-refractivity contribution in [1.29, 1.82) is 5.26 Å². The lowest BCUT2D eigenvalue weighted by molar-refractivity contribution is 0.0374. The van der Waals surface area contributed by atoms with Gasteiger partial charge in [-0.05, 0) is 56.0 Å². The molecular formula is C18H25N3O2. The van der Waals surface area contributed by atoms with E-state index in [-0.39, 0.29) is 5.54 Å². The zero-order valence-corrected chi connectivity index (χ0v) is 14.0. The lowest BCUT2D eigenvalue weighted by Gasteiger charge is -2.50. The van der Waals surface area contributed by atoms with E-state index in [2.05, 4.69) is 22.4 Å². The van der Waals surface area contributed by atoms with Crippen molar-refractivity contribution in [2.75, 3.05) is 40.4 Å². The zero-order valence-electron chi connectivity index (χ0n) is 14.0. The number of nitriles is 1. The molecule has 0 spiro atoms. The topological polar surface area (TPSA) is 57.5 Å². The van der Waals surface area contributed by atoms with Crippen LogP contribution < -0.4 is 14.8 Å². The molecule has 0 unspecified atom stereocenters. The van der Waals surface area contributed by atoms with Crippen LogP contribution in [0, 0.1) is 17.2 Å². The van der Waals surface area contributed by atoms with Crippen LogP contribution in [0.5, 0.6) is 11.5 Å². The Hall–Kier alpha value is -1.77. The Morgan fingerprint density at radius 1 is 1.26 bits per heavy atom. The number of nitrogens with one attached hydrogen (secondary N) is 1. The molecule has 23 heavy (non-hydrogen) atoms. The summed E-state index contributed by atoms with van der Waals surface area (Å²) in [6, 6.07) is 8.58. The molecule has 1 aromatic carbocycles. The Morgan fingerprint density at radius 3 is 2.57 bits per heavy atom. The van der Waals surface area contributed by atoms with Gasteiger partial charge in [-0.3, -0.25) is 5.32 Å². The first-order valence-electron chi connectivity index (χ1n) is 8.30. The molecule has 1 aromatic rings. The molecule has 3 aliphatic rings. The monoisotopic (exact) mass is 315 g/mol. The van der Waals surface area contributed by atoms with E-state index in [9.17, 15) is 5.26 Å². The summed E-state index contributed by atoms with van der Waals surface area (Å²) < 4.78 is 10.6. The van der Waals surface area contributed by atoms with Gasteiger partial charge in [-0.2, -0.15) is 5.26 Å². The standard InChI is InChI=1S/C18H25N3O2/c1-22-16-4-3-14(11-17(16)23-2)5-8-20-18(12-19)13-21-9-6-15(18)7-10-21/h3-4,11,15,20H,5-10,13H2,1-2H3/t18-/m0/s1. The fourth-order valence-corrected chi connectivity index (χ4v) is 3.90. The minimum absolute atomic E-state index is 0.368. The SMILES string of the molecule is COc1ccc(CCN[C@@]2(C#N)CN3CCC2CC3)cc1OC. The summed E-state index contributed by atoms with van der Waals surface area (Å²) in [4.78, 5) is 2.41. The van der Waals surface area contributed by atoms with Crippen LogP contribution in [0.4, 0.5) is 0 Å². The molecule has 0 aliphatic carbocycles. The Kier molecular flexibility index (Phi) is 4.74. The number of rotatable bonds is 6. The average Bonchev–Trinajstić information content (AvgIpc) is 2.62. The highest BCUT2D eigenvalue weighted by atomic mass is 16.5. The zero-order chi connectivity index (χ0) is 16.3. The fraction of sp³-hybridized carbons (Fsp3) is 0.611. The van der Waals surface area contributed by atoms with Gasteiger partial charge in [-0.15, -0.1) is 0 Å². The second-order valence-corrected chi connectivity index (χ2v) is 6.50. The molecule has 4 rings (SSSR count). The quantitative estimate of drug-likeness (QED) is 0.868. The van der Waals surface area contributed by atoms with Crippen molar-refractivity contribution in [2.45, 2.75) is 24.8 Å². The molecule has 0 aromatic heterocycles. The van der Waals surface area contributed by atoms with Gasteiger partial charge >= 0.3 is 0 Å². The van der Waals surface area contributed by atoms with Crippen LogP contribution >= 0.6 is 0 Å². The third-order valence-electron chi connectivity index (χ3n) is 5.26. The minimum Gasteiger partial charge on any atom is -0.493 e. The van der Waals surface area contributed by atoms with Crippen LogP contribution in [0.25, 0.3) is 0 Å². The van der Waals surface area contributed by atoms with Crippen LogP contribution in [0.2, 0.25) is 0 Å². The van der Waals surface area contributed by atoms with Crippen molar-refractivity contribution in [3.05, 3.63) is 23.8 Å². The highest BCUT2D eigenvalue weighted by Crippen LogP contribution is 2.35. The Morgan fingerprint density at radius 2 is 2.00 bits per heavy atom. The smallest absolute Gasteiger partial charge is 0.160 e. The third kappa shape index (κ3) is 3.15. The van der Waals surface area contributed by atoms with Crippen molar-refractivity contribution in [1.82, 2.24) is 10.2 Å². The minimum atomic E-state index is -0.368. The van der Waals surface area contributed by atoms with Crippen molar-refractivity contribution >= 4 is 0 Å². The molecule has 124 valence electrons. The molecule has 0 radical (unpaired) electrons. The van der Waals surface area contributed by atoms with Gasteiger partial charge in [0.2, 0.25) is 0 Å². The van der Waals surface area contributed by atoms with Gasteiger partial charge in [0.25, 0.3) is 0 Å². The second-order valence-electron chi connectivity index (χ2n) is 6.50. The Bertz CT molecular complexity index is 590. The van der Waals surface area contributed by atoms with Crippen molar-refractivity contribution in [3.8, 4) is 17.6 Å². The van der Waals surface area contributed by atoms with Crippen molar-refractivity contribution < 1.29 is 9.47 Å². The number of hydrogen-bond acceptors (Lipinski definition) is 5. The van der Waals surface area contributed by atoms with Crippen LogP contribution in [-0.4, -0.2) is 50.8 Å². The van der Waals surface area contributed by atoms with Gasteiger partial charge in [-0.1, -0.05) is 6.07 Å². The van der Waals surface area contributed by atoms with Gasteiger partial charge in [0.1, 0.15) is 5.54 Å². The molecule has 3 heterocycles. The largest absolute Gasteiger partial charge is 0.493 e. The lowest BCUT2D eigenvalue weighted by atomic mass is 9.73. The van der Waals surface area contributed by atoms with E-state index in [0.717, 1.165) is 56.9 Å². The van der Waals surface area contributed by atoms with Crippen molar-refractivity contribution in [3.63, 3.8) is 0 Å². The van der Waals surface area contributed by atoms with Crippen LogP contribution in [0.3, 0.4) is 0 Å². The molecule has 0 saturated carbocycles. The predicted octanol–water partition coefficient (Wildman–Crippen LogP) is 1.82. The second kappa shape index (κ2) is 6.77. The first-order chi connectivity index (χ1) is 11.2. The van der Waals surface area contributed by atoms with Crippen LogP contribution in [-0.2, 0) is 6.42 Å². The van der Waals surface area contributed by atoms with Crippen LogP contribution in [0.15, 0.2) is 18.2 Å². The van der Waals surface area contributed by atoms with E-state index >= 15 is 0 Å². The molecule has 3 saturated heterocycles. The summed E-state index contributed by atoms with van der Waals surface area (Å²) in [5.74, 6) is 1.99. The summed E-state index contributed by atoms with van der Waals surface area (Å²) in [6.07, 6.45) is 3.14. The van der Waals surface area contributed by atoms with E-state index < -0.39 is 0 Å². The highest BCUT2D eigenvalue weighted by Gasteiger charge is 2.46. The van der Waals surface area contributed by atoms with E-state index in [0.29, 0.717) is 5.92 Å². The Labute approximate surface area is 138 Å². The molecule has 5 nitrogen and oxygen atoms in total. The molecule has 2 bridgehead atoms. The summed E-state index contributed by atoms with van der Waals surface area (Å²) >= 11 is 0. The normalized spacial score (nSPS) is 29.1. The highest BCUT2D eigenvalue weighted by molar-refractivity contribution is 5.43. The lowest BCUT2D eigenvalue weighted by Crippen LogP contribution is -2.65. The Balaban J connectivity index is 1.62. The first-order valence-corrected chi connectivity index (χ1v) is 8.30. The molecule has 1 atom stereocenters. The van der Waals surface area contributed by atoms with Crippen molar-refractivity contribution in [2.24, 2.45) is 5.92 Å². The summed E-state index contributed by atoms with van der Waals surface area (Å²) in [6.45, 7) is 3.95. The van der Waals surface area contributed by atoms with Gasteiger partial charge in [-0.25, -0.2) is 0 Å². The number of piperidine rings is 3. The maximum absolute atomic E-state index is 9.74. The van der Waals surface area contributed by atoms with E-state index in [1.54, 1.807) is 14.2 Å². The van der Waals surface area contributed by atoms with Crippen LogP contribution in [0.1, 0.15) is 18.4 Å². The molecule has 3 aliphatic heterocycles. The predicted molar refractivity (Wildman–Crippen MR) is 88.8 cm³/mol. The number of ether oxygens (including phenoxy) is 2. The van der Waals surface area contributed by atoms with E-state index in [1.165, 1.54) is 5.56 Å². The third-order valence-corrected chi connectivity index (χ3v) is 5.26. The van der Waals surface area contributed by atoms with Gasteiger partial charge in [0, 0.05) is 13.1 Å². The number of methoxy groups -OCH3 is 2. The maximum Gasteiger partial charge on any atom is 0.160 e.